The number of nitrogens with one attached hydrogen (secondary N) is 2. The predicted molar refractivity (Wildman–Crippen MR) is 120 cm³/mol. The Morgan fingerprint density at radius 2 is 1.81 bits per heavy atom. The number of nitrogens with zero attached hydrogens (tertiary/aromatic N) is 2. The molecule has 2 heterocycles. The average molecular weight is 460 g/mol. The van der Waals surface area contributed by atoms with Crippen LogP contribution in [0.25, 0.3) is 0 Å². The first-order valence-electron chi connectivity index (χ1n) is 9.94. The summed E-state index contributed by atoms with van der Waals surface area (Å²) >= 11 is 0.850. The van der Waals surface area contributed by atoms with Crippen molar-refractivity contribution in [1.82, 2.24) is 15.3 Å². The minimum atomic E-state index is -0.976. The Hall–Kier alpha value is -3.40. The molecule has 0 unspecified atom stereocenters. The second-order valence-electron chi connectivity index (χ2n) is 7.72. The number of nitrogen functional groups attached to an aromatic ring is 1. The molecule has 0 spiro atoms. The molecule has 0 aliphatic rings. The number of aromatic nitrogens is 2. The second-order valence-corrected chi connectivity index (χ2v) is 8.72. The third kappa shape index (κ3) is 5.44. The van der Waals surface area contributed by atoms with E-state index >= 15 is 0 Å². The van der Waals surface area contributed by atoms with E-state index in [1.54, 1.807) is 12.1 Å². The normalized spacial score (nSPS) is 11.9. The van der Waals surface area contributed by atoms with E-state index in [0.717, 1.165) is 29.9 Å². The van der Waals surface area contributed by atoms with Crippen LogP contribution in [-0.4, -0.2) is 27.7 Å². The monoisotopic (exact) mass is 459 g/mol. The molecule has 0 saturated heterocycles. The van der Waals surface area contributed by atoms with Crippen molar-refractivity contribution in [2.45, 2.75) is 33.2 Å². The lowest BCUT2D eigenvalue weighted by molar-refractivity contribution is 0.0935. The van der Waals surface area contributed by atoms with Gasteiger partial charge in [-0.25, -0.2) is 18.7 Å². The number of halogens is 2. The number of nitrogens with two attached hydrogens (primary N) is 1. The van der Waals surface area contributed by atoms with Crippen LogP contribution in [0.1, 0.15) is 52.8 Å². The molecule has 1 amide bonds. The first-order chi connectivity index (χ1) is 15.2. The van der Waals surface area contributed by atoms with Gasteiger partial charge in [0.25, 0.3) is 5.91 Å². The van der Waals surface area contributed by atoms with Gasteiger partial charge in [-0.15, -0.1) is 0 Å². The Kier molecular flexibility index (Phi) is 7.14. The Morgan fingerprint density at radius 1 is 1.12 bits per heavy atom. The van der Waals surface area contributed by atoms with Crippen LogP contribution in [0.3, 0.4) is 0 Å². The maximum Gasteiger partial charge on any atom is 0.253 e. The van der Waals surface area contributed by atoms with E-state index in [-0.39, 0.29) is 27.8 Å². The molecule has 32 heavy (non-hydrogen) atoms. The molecule has 0 fully saturated rings. The highest BCUT2D eigenvalue weighted by Crippen LogP contribution is 2.30. The van der Waals surface area contributed by atoms with E-state index in [2.05, 4.69) is 34.4 Å². The summed E-state index contributed by atoms with van der Waals surface area (Å²) in [6.45, 7) is 6.11. The summed E-state index contributed by atoms with van der Waals surface area (Å²) in [4.78, 5) is 33.0. The zero-order valence-electron chi connectivity index (χ0n) is 17.8. The molecule has 0 bridgehead atoms. The van der Waals surface area contributed by atoms with Crippen LogP contribution in [0.4, 0.5) is 25.5 Å². The summed E-state index contributed by atoms with van der Waals surface area (Å²) in [5.41, 5.74) is 5.51. The van der Waals surface area contributed by atoms with Crippen LogP contribution in [0.15, 0.2) is 36.5 Å². The summed E-state index contributed by atoms with van der Waals surface area (Å²) in [6.07, 6.45) is 2.28. The van der Waals surface area contributed by atoms with Crippen molar-refractivity contribution >= 4 is 39.8 Å². The molecule has 0 saturated carbocycles. The third-order valence-electron chi connectivity index (χ3n) is 4.51. The number of anilines is 3. The van der Waals surface area contributed by atoms with E-state index in [4.69, 9.17) is 5.73 Å². The smallest absolute Gasteiger partial charge is 0.253 e. The first kappa shape index (κ1) is 23.3. The van der Waals surface area contributed by atoms with Crippen molar-refractivity contribution in [3.8, 4) is 0 Å². The van der Waals surface area contributed by atoms with Crippen molar-refractivity contribution in [1.29, 1.82) is 0 Å². The van der Waals surface area contributed by atoms with Gasteiger partial charge < -0.3 is 16.4 Å². The van der Waals surface area contributed by atoms with Crippen molar-refractivity contribution < 1.29 is 18.4 Å². The highest BCUT2D eigenvalue weighted by Gasteiger charge is 2.24. The summed E-state index contributed by atoms with van der Waals surface area (Å²) in [7, 11) is 0. The number of rotatable bonds is 8. The molecule has 1 atom stereocenters. The number of amides is 1. The van der Waals surface area contributed by atoms with Gasteiger partial charge in [-0.3, -0.25) is 9.59 Å². The highest BCUT2D eigenvalue weighted by molar-refractivity contribution is 7.18. The fourth-order valence-electron chi connectivity index (χ4n) is 3.16. The number of ketones is 1. The van der Waals surface area contributed by atoms with E-state index in [1.807, 2.05) is 6.92 Å². The average Bonchev–Trinajstić information content (AvgIpc) is 3.07. The van der Waals surface area contributed by atoms with Crippen LogP contribution < -0.4 is 16.4 Å². The molecule has 0 radical (unpaired) electrons. The Bertz CT molecular complexity index is 1110. The Morgan fingerprint density at radius 3 is 2.41 bits per heavy atom. The molecule has 1 aromatic carbocycles. The molecule has 3 aromatic rings. The fourth-order valence-corrected chi connectivity index (χ4v) is 4.00. The lowest BCUT2D eigenvalue weighted by atomic mass is 10.1. The van der Waals surface area contributed by atoms with E-state index in [1.165, 1.54) is 12.3 Å². The number of thiazole rings is 1. The van der Waals surface area contributed by atoms with Crippen LogP contribution in [0.5, 0.6) is 0 Å². The van der Waals surface area contributed by atoms with Gasteiger partial charge in [0.2, 0.25) is 5.78 Å². The third-order valence-corrected chi connectivity index (χ3v) is 5.50. The lowest BCUT2D eigenvalue weighted by Crippen LogP contribution is -2.33. The fraction of sp³-hybridized carbons (Fsp3) is 0.273. The van der Waals surface area contributed by atoms with Gasteiger partial charge in [-0.1, -0.05) is 31.3 Å². The van der Waals surface area contributed by atoms with Gasteiger partial charge in [0.1, 0.15) is 28.1 Å². The molecule has 2 aromatic heterocycles. The largest absolute Gasteiger partial charge is 0.382 e. The summed E-state index contributed by atoms with van der Waals surface area (Å²) in [5.74, 6) is -2.39. The molecule has 3 rings (SSSR count). The molecular weight excluding hydrogens is 436 g/mol. The van der Waals surface area contributed by atoms with Crippen LogP contribution in [0.2, 0.25) is 0 Å². The molecule has 168 valence electrons. The van der Waals surface area contributed by atoms with Gasteiger partial charge in [-0.05, 0) is 43.5 Å². The number of hydrogen-bond donors (Lipinski definition) is 3. The van der Waals surface area contributed by atoms with Crippen LogP contribution in [0, 0.1) is 17.6 Å². The van der Waals surface area contributed by atoms with Crippen molar-refractivity contribution in [2.24, 2.45) is 5.92 Å². The predicted octanol–water partition coefficient (Wildman–Crippen LogP) is 4.54. The van der Waals surface area contributed by atoms with Gasteiger partial charge >= 0.3 is 0 Å². The number of carbonyl (C=O) groups excluding carboxylic acids is 2. The minimum absolute atomic E-state index is 0.0360. The standard InChI is InChI=1S/C22H23F2N5O2S/c1-11(2)9-12(3)27-21(31)13-7-8-16(26-10-13)28-22-29-20(25)19(32-22)18(30)17-14(23)5-4-6-15(17)24/h4-8,10-12H,9,25H2,1-3H3,(H,27,31)(H,26,28,29)/t12-/m1/s1. The van der Waals surface area contributed by atoms with E-state index in [0.29, 0.717) is 17.3 Å². The lowest BCUT2D eigenvalue weighted by Gasteiger charge is -2.15. The SMILES string of the molecule is CC(C)C[C@@H](C)NC(=O)c1ccc(Nc2nc(N)c(C(=O)c3c(F)cccc3F)s2)nc1. The Labute approximate surface area is 188 Å². The quantitative estimate of drug-likeness (QED) is 0.427. The minimum Gasteiger partial charge on any atom is -0.382 e. The molecule has 4 N–H and O–H groups in total. The summed E-state index contributed by atoms with van der Waals surface area (Å²) in [6, 6.07) is 6.39. The number of pyridine rings is 1. The van der Waals surface area contributed by atoms with Crippen molar-refractivity contribution in [3.05, 3.63) is 64.2 Å². The first-order valence-corrected chi connectivity index (χ1v) is 10.8. The van der Waals surface area contributed by atoms with Gasteiger partial charge in [0.05, 0.1) is 11.1 Å². The molecule has 7 nitrogen and oxygen atoms in total. The maximum absolute atomic E-state index is 13.9. The topological polar surface area (TPSA) is 110 Å². The van der Waals surface area contributed by atoms with Crippen LogP contribution >= 0.6 is 11.3 Å². The molecular formula is C22H23F2N5O2S. The van der Waals surface area contributed by atoms with Gasteiger partial charge in [0.15, 0.2) is 5.13 Å². The summed E-state index contributed by atoms with van der Waals surface area (Å²) < 4.78 is 27.9. The van der Waals surface area contributed by atoms with E-state index < -0.39 is 23.0 Å². The van der Waals surface area contributed by atoms with Crippen molar-refractivity contribution in [3.63, 3.8) is 0 Å². The van der Waals surface area contributed by atoms with Gasteiger partial charge in [-0.2, -0.15) is 0 Å². The van der Waals surface area contributed by atoms with Crippen LogP contribution in [-0.2, 0) is 0 Å². The highest BCUT2D eigenvalue weighted by atomic mass is 32.1. The number of hydrogen-bond acceptors (Lipinski definition) is 7. The molecule has 0 aliphatic carbocycles. The zero-order valence-corrected chi connectivity index (χ0v) is 18.6. The molecule has 0 aliphatic heterocycles. The summed E-state index contributed by atoms with van der Waals surface area (Å²) in [5, 5.41) is 6.02. The number of carbonyl (C=O) groups is 2. The number of benzene rings is 1. The van der Waals surface area contributed by atoms with E-state index in [9.17, 15) is 18.4 Å². The molecule has 10 heteroatoms. The maximum atomic E-state index is 13.9. The zero-order chi connectivity index (χ0) is 23.4. The van der Waals surface area contributed by atoms with Crippen molar-refractivity contribution in [2.75, 3.05) is 11.1 Å². The van der Waals surface area contributed by atoms with Gasteiger partial charge in [0, 0.05) is 12.2 Å². The Balaban J connectivity index is 1.71. The second kappa shape index (κ2) is 9.82.